The van der Waals surface area contributed by atoms with Gasteiger partial charge in [-0.3, -0.25) is 0 Å². The van der Waals surface area contributed by atoms with E-state index in [0.29, 0.717) is 5.56 Å². The van der Waals surface area contributed by atoms with Crippen LogP contribution < -0.4 is 4.18 Å². The quantitative estimate of drug-likeness (QED) is 0.653. The van der Waals surface area contributed by atoms with Crippen LogP contribution >= 0.6 is 0 Å². The van der Waals surface area contributed by atoms with Crippen molar-refractivity contribution in [1.29, 1.82) is 0 Å². The van der Waals surface area contributed by atoms with Crippen molar-refractivity contribution in [3.63, 3.8) is 0 Å². The van der Waals surface area contributed by atoms with Crippen molar-refractivity contribution >= 4 is 22.2 Å². The number of carboxylic acid groups (broad SMARTS) is 1. The van der Waals surface area contributed by atoms with Crippen molar-refractivity contribution < 1.29 is 22.5 Å². The average Bonchev–Trinajstić information content (AvgIpc) is 2.27. The third kappa shape index (κ3) is 4.21. The number of aliphatic carboxylic acids is 1. The highest BCUT2D eigenvalue weighted by Crippen LogP contribution is 2.17. The van der Waals surface area contributed by atoms with E-state index in [0.717, 1.165) is 6.08 Å². The zero-order valence-corrected chi connectivity index (χ0v) is 10.8. The Morgan fingerprint density at radius 2 is 1.83 bits per heavy atom. The summed E-state index contributed by atoms with van der Waals surface area (Å²) >= 11 is 0. The Hall–Kier alpha value is -1.82. The van der Waals surface area contributed by atoms with Crippen molar-refractivity contribution in [1.82, 2.24) is 0 Å². The Morgan fingerprint density at radius 1 is 1.28 bits per heavy atom. The third-order valence-electron chi connectivity index (χ3n) is 2.09. The van der Waals surface area contributed by atoms with Crippen LogP contribution in [0.1, 0.15) is 19.4 Å². The minimum atomic E-state index is -3.60. The average molecular weight is 270 g/mol. The molecule has 0 fully saturated rings. The van der Waals surface area contributed by atoms with Gasteiger partial charge in [-0.25, -0.2) is 4.79 Å². The molecule has 0 spiro atoms. The Balaban J connectivity index is 2.81. The first-order valence-corrected chi connectivity index (χ1v) is 6.73. The molecule has 18 heavy (non-hydrogen) atoms. The Labute approximate surface area is 106 Å². The number of hydrogen-bond acceptors (Lipinski definition) is 4. The molecule has 0 unspecified atom stereocenters. The van der Waals surface area contributed by atoms with E-state index in [1.807, 2.05) is 0 Å². The van der Waals surface area contributed by atoms with Crippen LogP contribution in [0.5, 0.6) is 5.75 Å². The van der Waals surface area contributed by atoms with Gasteiger partial charge in [-0.2, -0.15) is 8.42 Å². The molecule has 0 amide bonds. The summed E-state index contributed by atoms with van der Waals surface area (Å²) in [5.41, 5.74) is 0.645. The maximum Gasteiger partial charge on any atom is 0.328 e. The van der Waals surface area contributed by atoms with Crippen LogP contribution in [0.4, 0.5) is 0 Å². The van der Waals surface area contributed by atoms with Gasteiger partial charge < -0.3 is 9.29 Å². The summed E-state index contributed by atoms with van der Waals surface area (Å²) in [4.78, 5) is 10.3. The molecule has 0 aliphatic heterocycles. The van der Waals surface area contributed by atoms with Crippen molar-refractivity contribution in [2.75, 3.05) is 0 Å². The number of rotatable bonds is 5. The second-order valence-electron chi connectivity index (χ2n) is 3.87. The van der Waals surface area contributed by atoms with Gasteiger partial charge >= 0.3 is 16.1 Å². The molecule has 0 saturated heterocycles. The molecule has 0 aliphatic carbocycles. The molecule has 1 aromatic carbocycles. The lowest BCUT2D eigenvalue weighted by Gasteiger charge is -2.09. The van der Waals surface area contributed by atoms with Crippen LogP contribution in [-0.2, 0) is 14.9 Å². The molecule has 98 valence electrons. The second kappa shape index (κ2) is 5.68. The van der Waals surface area contributed by atoms with Crippen molar-refractivity contribution in [3.05, 3.63) is 35.9 Å². The van der Waals surface area contributed by atoms with E-state index in [4.69, 9.17) is 9.29 Å². The summed E-state index contributed by atoms with van der Waals surface area (Å²) in [6, 6.07) is 6.10. The van der Waals surface area contributed by atoms with Crippen LogP contribution in [0.25, 0.3) is 6.08 Å². The molecule has 0 aromatic heterocycles. The highest BCUT2D eigenvalue weighted by atomic mass is 32.2. The first-order valence-electron chi connectivity index (χ1n) is 5.25. The van der Waals surface area contributed by atoms with E-state index in [-0.39, 0.29) is 5.75 Å². The minimum absolute atomic E-state index is 0.205. The first-order chi connectivity index (χ1) is 8.31. The summed E-state index contributed by atoms with van der Waals surface area (Å²) in [6.45, 7) is 3.05. The molecule has 5 nitrogen and oxygen atoms in total. The van der Waals surface area contributed by atoms with E-state index in [1.54, 1.807) is 12.1 Å². The summed E-state index contributed by atoms with van der Waals surface area (Å²) in [6.07, 6.45) is 2.41. The lowest BCUT2D eigenvalue weighted by Crippen LogP contribution is -2.19. The van der Waals surface area contributed by atoms with Gasteiger partial charge in [0.2, 0.25) is 0 Å². The van der Waals surface area contributed by atoms with Gasteiger partial charge in [0.1, 0.15) is 5.75 Å². The summed E-state index contributed by atoms with van der Waals surface area (Å²) in [5.74, 6) is -0.839. The molecule has 0 saturated carbocycles. The Bertz CT molecular complexity index is 540. The molecule has 1 N–H and O–H groups in total. The molecule has 0 atom stereocenters. The lowest BCUT2D eigenvalue weighted by atomic mass is 10.2. The molecular formula is C12H14O5S. The maximum atomic E-state index is 11.5. The Morgan fingerprint density at radius 3 is 2.28 bits per heavy atom. The van der Waals surface area contributed by atoms with Gasteiger partial charge in [-0.1, -0.05) is 12.1 Å². The molecular weight excluding hydrogens is 256 g/mol. The van der Waals surface area contributed by atoms with E-state index < -0.39 is 21.3 Å². The highest BCUT2D eigenvalue weighted by molar-refractivity contribution is 7.87. The topological polar surface area (TPSA) is 80.7 Å². The number of hydrogen-bond donors (Lipinski definition) is 1. The fourth-order valence-corrected chi connectivity index (χ4v) is 1.60. The van der Waals surface area contributed by atoms with Crippen LogP contribution in [0.3, 0.4) is 0 Å². The SMILES string of the molecule is CC(C)S(=O)(=O)Oc1ccc(C=CC(=O)O)cc1. The molecule has 0 aliphatic rings. The predicted molar refractivity (Wildman–Crippen MR) is 67.8 cm³/mol. The Kier molecular flexibility index (Phi) is 4.49. The number of benzene rings is 1. The molecule has 6 heteroatoms. The van der Waals surface area contributed by atoms with Gasteiger partial charge in [-0.05, 0) is 37.6 Å². The molecule has 1 aromatic rings. The third-order valence-corrected chi connectivity index (χ3v) is 3.67. The molecule has 0 heterocycles. The fraction of sp³-hybridized carbons (Fsp3) is 0.250. The van der Waals surface area contributed by atoms with E-state index in [9.17, 15) is 13.2 Å². The van der Waals surface area contributed by atoms with Crippen molar-refractivity contribution in [2.45, 2.75) is 19.1 Å². The first kappa shape index (κ1) is 14.2. The second-order valence-corrected chi connectivity index (χ2v) is 5.96. The van der Waals surface area contributed by atoms with Crippen molar-refractivity contribution in [2.24, 2.45) is 0 Å². The monoisotopic (exact) mass is 270 g/mol. The van der Waals surface area contributed by atoms with E-state index in [2.05, 4.69) is 0 Å². The molecule has 1 rings (SSSR count). The van der Waals surface area contributed by atoms with Crippen LogP contribution in [0, 0.1) is 0 Å². The van der Waals surface area contributed by atoms with E-state index in [1.165, 1.54) is 32.1 Å². The van der Waals surface area contributed by atoms with E-state index >= 15 is 0 Å². The van der Waals surface area contributed by atoms with Gasteiger partial charge in [0.25, 0.3) is 0 Å². The minimum Gasteiger partial charge on any atom is -0.478 e. The standard InChI is InChI=1S/C12H14O5S/c1-9(2)18(15,16)17-11-6-3-10(4-7-11)5-8-12(13)14/h3-9H,1-2H3,(H,13,14). The molecule has 0 bridgehead atoms. The smallest absolute Gasteiger partial charge is 0.328 e. The van der Waals surface area contributed by atoms with Crippen LogP contribution in [0.15, 0.2) is 30.3 Å². The van der Waals surface area contributed by atoms with Gasteiger partial charge in [0.15, 0.2) is 0 Å². The fourth-order valence-electron chi connectivity index (χ4n) is 1.03. The summed E-state index contributed by atoms with van der Waals surface area (Å²) in [5, 5.41) is 7.83. The normalized spacial score (nSPS) is 11.9. The van der Waals surface area contributed by atoms with Gasteiger partial charge in [0.05, 0.1) is 5.25 Å². The summed E-state index contributed by atoms with van der Waals surface area (Å²) < 4.78 is 27.8. The van der Waals surface area contributed by atoms with Crippen LogP contribution in [0.2, 0.25) is 0 Å². The van der Waals surface area contributed by atoms with Crippen LogP contribution in [-0.4, -0.2) is 24.7 Å². The summed E-state index contributed by atoms with van der Waals surface area (Å²) in [7, 11) is -3.60. The largest absolute Gasteiger partial charge is 0.478 e. The zero-order valence-electron chi connectivity index (χ0n) is 10.0. The number of carbonyl (C=O) groups is 1. The number of carboxylic acids is 1. The predicted octanol–water partition coefficient (Wildman–Crippen LogP) is 1.90. The maximum absolute atomic E-state index is 11.5. The highest BCUT2D eigenvalue weighted by Gasteiger charge is 2.17. The van der Waals surface area contributed by atoms with Gasteiger partial charge in [-0.15, -0.1) is 0 Å². The lowest BCUT2D eigenvalue weighted by molar-refractivity contribution is -0.131. The van der Waals surface area contributed by atoms with Gasteiger partial charge in [0, 0.05) is 6.08 Å². The molecule has 0 radical (unpaired) electrons. The zero-order chi connectivity index (χ0) is 13.8. The van der Waals surface area contributed by atoms with Crippen molar-refractivity contribution in [3.8, 4) is 5.75 Å².